The molecule has 0 spiro atoms. The van der Waals surface area contributed by atoms with Gasteiger partial charge in [0.2, 0.25) is 5.91 Å². The zero-order valence-electron chi connectivity index (χ0n) is 15.1. The zero-order valence-corrected chi connectivity index (χ0v) is 15.1. The van der Waals surface area contributed by atoms with Gasteiger partial charge < -0.3 is 15.5 Å². The molecule has 6 nitrogen and oxygen atoms in total. The molecule has 1 atom stereocenters. The van der Waals surface area contributed by atoms with Crippen molar-refractivity contribution in [2.45, 2.75) is 51.1 Å². The van der Waals surface area contributed by atoms with Crippen LogP contribution in [0.15, 0.2) is 30.3 Å². The molecule has 2 aliphatic rings. The molecular weight excluding hydrogens is 330 g/mol. The summed E-state index contributed by atoms with van der Waals surface area (Å²) in [5.74, 6) is -0.497. The summed E-state index contributed by atoms with van der Waals surface area (Å²) in [5.41, 5.74) is 0.956. The van der Waals surface area contributed by atoms with Gasteiger partial charge in [-0.2, -0.15) is 0 Å². The van der Waals surface area contributed by atoms with E-state index in [1.54, 1.807) is 0 Å². The van der Waals surface area contributed by atoms with Gasteiger partial charge in [0.05, 0.1) is 0 Å². The Morgan fingerprint density at radius 3 is 2.58 bits per heavy atom. The quantitative estimate of drug-likeness (QED) is 0.786. The van der Waals surface area contributed by atoms with Gasteiger partial charge >= 0.3 is 0 Å². The van der Waals surface area contributed by atoms with Gasteiger partial charge in [0, 0.05) is 26.1 Å². The van der Waals surface area contributed by atoms with E-state index in [1.165, 1.54) is 24.2 Å². The van der Waals surface area contributed by atoms with Crippen LogP contribution in [0.1, 0.15) is 44.1 Å². The fourth-order valence-corrected chi connectivity index (χ4v) is 3.83. The van der Waals surface area contributed by atoms with Crippen LogP contribution in [0.2, 0.25) is 0 Å². The third-order valence-corrected chi connectivity index (χ3v) is 5.28. The second kappa shape index (κ2) is 8.83. The Hall–Kier alpha value is -2.37. The van der Waals surface area contributed by atoms with Crippen LogP contribution in [0, 0.1) is 5.92 Å². The van der Waals surface area contributed by atoms with Gasteiger partial charge in [-0.25, -0.2) is 0 Å². The fourth-order valence-electron chi connectivity index (χ4n) is 3.83. The minimum absolute atomic E-state index is 0.0772. The largest absolute Gasteiger partial charge is 0.352 e. The number of rotatable bonds is 5. The highest BCUT2D eigenvalue weighted by Crippen LogP contribution is 2.27. The van der Waals surface area contributed by atoms with Crippen LogP contribution < -0.4 is 10.6 Å². The summed E-state index contributed by atoms with van der Waals surface area (Å²) in [7, 11) is 0. The minimum atomic E-state index is -1.07. The standard InChI is InChI=1S/C20H27N3O3/c24-17(13-15-7-3-1-4-8-15)23-12-11-21-19(25)18(23)20(26)22-14-16-9-5-2-6-10-16/h2,5-6,9-10,15,18H,1,3-4,7-8,11-14H2,(H,21,25)(H,22,26). The molecule has 2 fully saturated rings. The number of hydrogen-bond acceptors (Lipinski definition) is 3. The van der Waals surface area contributed by atoms with Crippen LogP contribution in [0.25, 0.3) is 0 Å². The number of nitrogens with one attached hydrogen (secondary N) is 2. The number of nitrogens with zero attached hydrogens (tertiary/aromatic N) is 1. The second-order valence-corrected chi connectivity index (χ2v) is 7.19. The maximum absolute atomic E-state index is 12.8. The molecule has 0 radical (unpaired) electrons. The van der Waals surface area contributed by atoms with E-state index in [2.05, 4.69) is 10.6 Å². The molecule has 1 saturated carbocycles. The Morgan fingerprint density at radius 2 is 1.85 bits per heavy atom. The number of benzene rings is 1. The highest BCUT2D eigenvalue weighted by molar-refractivity contribution is 6.07. The average Bonchev–Trinajstić information content (AvgIpc) is 2.67. The lowest BCUT2D eigenvalue weighted by molar-refractivity contribution is -0.150. The Bertz CT molecular complexity index is 641. The first-order valence-corrected chi connectivity index (χ1v) is 9.54. The van der Waals surface area contributed by atoms with Crippen LogP contribution in [0.4, 0.5) is 0 Å². The van der Waals surface area contributed by atoms with Crippen LogP contribution in [0.3, 0.4) is 0 Å². The number of piperazine rings is 1. The van der Waals surface area contributed by atoms with E-state index >= 15 is 0 Å². The lowest BCUT2D eigenvalue weighted by Crippen LogP contribution is -2.62. The fraction of sp³-hybridized carbons (Fsp3) is 0.550. The molecule has 1 aliphatic heterocycles. The molecule has 140 valence electrons. The molecule has 1 aromatic rings. The molecule has 1 heterocycles. The number of amides is 3. The maximum atomic E-state index is 12.8. The van der Waals surface area contributed by atoms with Crippen molar-refractivity contribution < 1.29 is 14.4 Å². The van der Waals surface area contributed by atoms with E-state index in [-0.39, 0.29) is 11.8 Å². The maximum Gasteiger partial charge on any atom is 0.252 e. The Balaban J connectivity index is 1.62. The Kier molecular flexibility index (Phi) is 6.26. The predicted octanol–water partition coefficient (Wildman–Crippen LogP) is 1.60. The molecule has 6 heteroatoms. The zero-order chi connectivity index (χ0) is 18.4. The van der Waals surface area contributed by atoms with E-state index in [9.17, 15) is 14.4 Å². The van der Waals surface area contributed by atoms with Gasteiger partial charge in [-0.15, -0.1) is 0 Å². The lowest BCUT2D eigenvalue weighted by atomic mass is 9.86. The number of carbonyl (C=O) groups excluding carboxylic acids is 3. The summed E-state index contributed by atoms with van der Waals surface area (Å²) in [4.78, 5) is 39.1. The van der Waals surface area contributed by atoms with Crippen LogP contribution in [-0.2, 0) is 20.9 Å². The molecule has 26 heavy (non-hydrogen) atoms. The molecule has 2 N–H and O–H groups in total. The average molecular weight is 357 g/mol. The van der Waals surface area contributed by atoms with Crippen LogP contribution in [0.5, 0.6) is 0 Å². The van der Waals surface area contributed by atoms with E-state index in [1.807, 2.05) is 30.3 Å². The number of hydrogen-bond donors (Lipinski definition) is 2. The second-order valence-electron chi connectivity index (χ2n) is 7.19. The molecule has 1 saturated heterocycles. The third-order valence-electron chi connectivity index (χ3n) is 5.28. The van der Waals surface area contributed by atoms with Crippen molar-refractivity contribution in [2.24, 2.45) is 5.92 Å². The van der Waals surface area contributed by atoms with Gasteiger partial charge in [0.25, 0.3) is 11.8 Å². The molecule has 0 aromatic heterocycles. The van der Waals surface area contributed by atoms with Gasteiger partial charge in [0.15, 0.2) is 6.04 Å². The van der Waals surface area contributed by atoms with Gasteiger partial charge in [-0.3, -0.25) is 14.4 Å². The molecule has 1 aromatic carbocycles. The predicted molar refractivity (Wildman–Crippen MR) is 98.0 cm³/mol. The van der Waals surface area contributed by atoms with Crippen molar-refractivity contribution in [3.8, 4) is 0 Å². The monoisotopic (exact) mass is 357 g/mol. The lowest BCUT2D eigenvalue weighted by Gasteiger charge is -2.35. The van der Waals surface area contributed by atoms with Gasteiger partial charge in [-0.1, -0.05) is 49.6 Å². The Labute approximate surface area is 154 Å². The van der Waals surface area contributed by atoms with Crippen LogP contribution >= 0.6 is 0 Å². The van der Waals surface area contributed by atoms with E-state index in [4.69, 9.17) is 0 Å². The third kappa shape index (κ3) is 4.62. The first-order chi connectivity index (χ1) is 12.6. The molecule has 1 aliphatic carbocycles. The molecule has 0 bridgehead atoms. The summed E-state index contributed by atoms with van der Waals surface area (Å²) in [6.45, 7) is 1.13. The van der Waals surface area contributed by atoms with Crippen molar-refractivity contribution in [3.05, 3.63) is 35.9 Å². The van der Waals surface area contributed by atoms with Crippen LogP contribution in [-0.4, -0.2) is 41.8 Å². The molecule has 3 amide bonds. The number of carbonyl (C=O) groups is 3. The van der Waals surface area contributed by atoms with E-state index < -0.39 is 11.9 Å². The summed E-state index contributed by atoms with van der Waals surface area (Å²) >= 11 is 0. The summed E-state index contributed by atoms with van der Waals surface area (Å²) in [5, 5.41) is 5.50. The van der Waals surface area contributed by atoms with Crippen molar-refractivity contribution in [2.75, 3.05) is 13.1 Å². The highest BCUT2D eigenvalue weighted by Gasteiger charge is 2.38. The van der Waals surface area contributed by atoms with Crippen molar-refractivity contribution in [3.63, 3.8) is 0 Å². The summed E-state index contributed by atoms with van der Waals surface area (Å²) < 4.78 is 0. The van der Waals surface area contributed by atoms with E-state index in [0.717, 1.165) is 18.4 Å². The van der Waals surface area contributed by atoms with E-state index in [0.29, 0.717) is 32.0 Å². The topological polar surface area (TPSA) is 78.5 Å². The smallest absolute Gasteiger partial charge is 0.252 e. The highest BCUT2D eigenvalue weighted by atomic mass is 16.2. The van der Waals surface area contributed by atoms with Gasteiger partial charge in [-0.05, 0) is 24.3 Å². The summed E-state index contributed by atoms with van der Waals surface area (Å²) in [6, 6.07) is 8.46. The van der Waals surface area contributed by atoms with Gasteiger partial charge in [0.1, 0.15) is 0 Å². The normalized spacial score (nSPS) is 21.2. The molecular formula is C20H27N3O3. The molecule has 3 rings (SSSR count). The summed E-state index contributed by atoms with van der Waals surface area (Å²) in [6.07, 6.45) is 6.14. The Morgan fingerprint density at radius 1 is 1.12 bits per heavy atom. The van der Waals surface area contributed by atoms with Crippen molar-refractivity contribution >= 4 is 17.7 Å². The van der Waals surface area contributed by atoms with Crippen molar-refractivity contribution in [1.82, 2.24) is 15.5 Å². The first kappa shape index (κ1) is 18.4. The van der Waals surface area contributed by atoms with Crippen molar-refractivity contribution in [1.29, 1.82) is 0 Å². The SMILES string of the molecule is O=C1NCCN(C(=O)CC2CCCCC2)C1C(=O)NCc1ccccc1. The first-order valence-electron chi connectivity index (χ1n) is 9.54. The molecule has 1 unspecified atom stereocenters. The minimum Gasteiger partial charge on any atom is -0.352 e.